The van der Waals surface area contributed by atoms with Crippen LogP contribution in [0.1, 0.15) is 6.92 Å². The number of rotatable bonds is 11. The first-order chi connectivity index (χ1) is 10.2. The summed E-state index contributed by atoms with van der Waals surface area (Å²) in [6, 6.07) is 7.20. The standard InChI is InChI=1S/C15H23NO5/c1-13(17)16-14-3-5-15(6-4-14)21-12-11-20-10-9-19-8-7-18-2/h3-6H,7-12H2,1-2H3,(H,16,17). The molecule has 0 fully saturated rings. The van der Waals surface area contributed by atoms with Crippen LogP contribution in [0, 0.1) is 0 Å². The Hall–Kier alpha value is -1.63. The van der Waals surface area contributed by atoms with Crippen molar-refractivity contribution in [2.75, 3.05) is 52.1 Å². The molecule has 1 rings (SSSR count). The lowest BCUT2D eigenvalue weighted by atomic mass is 10.3. The molecule has 0 atom stereocenters. The Morgan fingerprint density at radius 1 is 0.952 bits per heavy atom. The minimum absolute atomic E-state index is 0.0928. The van der Waals surface area contributed by atoms with Crippen molar-refractivity contribution in [1.29, 1.82) is 0 Å². The first kappa shape index (κ1) is 17.4. The van der Waals surface area contributed by atoms with E-state index >= 15 is 0 Å². The molecule has 0 aliphatic rings. The minimum Gasteiger partial charge on any atom is -0.491 e. The second-order valence-corrected chi connectivity index (χ2v) is 4.27. The van der Waals surface area contributed by atoms with E-state index in [1.807, 2.05) is 0 Å². The fraction of sp³-hybridized carbons (Fsp3) is 0.533. The van der Waals surface area contributed by atoms with Crippen molar-refractivity contribution in [3.8, 4) is 5.75 Å². The Morgan fingerprint density at radius 2 is 1.52 bits per heavy atom. The van der Waals surface area contributed by atoms with Crippen LogP contribution in [-0.4, -0.2) is 52.7 Å². The van der Waals surface area contributed by atoms with Crippen molar-refractivity contribution in [2.24, 2.45) is 0 Å². The lowest BCUT2D eigenvalue weighted by Gasteiger charge is -2.08. The van der Waals surface area contributed by atoms with E-state index in [1.54, 1.807) is 31.4 Å². The van der Waals surface area contributed by atoms with Gasteiger partial charge in [0.15, 0.2) is 0 Å². The number of nitrogens with one attached hydrogen (secondary N) is 1. The summed E-state index contributed by atoms with van der Waals surface area (Å²) >= 11 is 0. The van der Waals surface area contributed by atoms with Crippen LogP contribution in [0.4, 0.5) is 5.69 Å². The van der Waals surface area contributed by atoms with Gasteiger partial charge in [-0.15, -0.1) is 0 Å². The zero-order valence-electron chi connectivity index (χ0n) is 12.6. The van der Waals surface area contributed by atoms with Crippen molar-refractivity contribution in [3.05, 3.63) is 24.3 Å². The fourth-order valence-electron chi connectivity index (χ4n) is 1.52. The van der Waals surface area contributed by atoms with Crippen molar-refractivity contribution in [1.82, 2.24) is 0 Å². The summed E-state index contributed by atoms with van der Waals surface area (Å²) in [5.74, 6) is 0.647. The van der Waals surface area contributed by atoms with E-state index in [0.717, 1.165) is 11.4 Å². The summed E-state index contributed by atoms with van der Waals surface area (Å²) in [6.07, 6.45) is 0. The van der Waals surface area contributed by atoms with Gasteiger partial charge in [0.25, 0.3) is 0 Å². The van der Waals surface area contributed by atoms with Crippen LogP contribution >= 0.6 is 0 Å². The SMILES string of the molecule is COCCOCCOCCOc1ccc(NC(C)=O)cc1. The summed E-state index contributed by atoms with van der Waals surface area (Å²) in [5, 5.41) is 2.69. The van der Waals surface area contributed by atoms with Gasteiger partial charge in [-0.2, -0.15) is 0 Å². The third-order valence-electron chi connectivity index (χ3n) is 2.47. The number of amides is 1. The quantitative estimate of drug-likeness (QED) is 0.630. The van der Waals surface area contributed by atoms with Gasteiger partial charge < -0.3 is 24.3 Å². The monoisotopic (exact) mass is 297 g/mol. The lowest BCUT2D eigenvalue weighted by molar-refractivity contribution is -0.114. The summed E-state index contributed by atoms with van der Waals surface area (Å²) in [4.78, 5) is 10.9. The van der Waals surface area contributed by atoms with Crippen LogP contribution in [0.2, 0.25) is 0 Å². The number of ether oxygens (including phenoxy) is 4. The summed E-state index contributed by atoms with van der Waals surface area (Å²) < 4.78 is 21.0. The van der Waals surface area contributed by atoms with Crippen molar-refractivity contribution >= 4 is 11.6 Å². The normalized spacial score (nSPS) is 10.4. The largest absolute Gasteiger partial charge is 0.491 e. The number of anilines is 1. The Labute approximate surface area is 125 Å². The number of hydrogen-bond donors (Lipinski definition) is 1. The Kier molecular flexibility index (Phi) is 9.19. The topological polar surface area (TPSA) is 66.0 Å². The Balaban J connectivity index is 2.03. The van der Waals surface area contributed by atoms with Crippen LogP contribution < -0.4 is 10.1 Å². The first-order valence-electron chi connectivity index (χ1n) is 6.87. The molecule has 1 N–H and O–H groups in total. The third kappa shape index (κ3) is 9.01. The smallest absolute Gasteiger partial charge is 0.221 e. The van der Waals surface area contributed by atoms with Crippen LogP contribution in [0.5, 0.6) is 5.75 Å². The molecule has 0 aliphatic heterocycles. The average molecular weight is 297 g/mol. The van der Waals surface area contributed by atoms with E-state index in [0.29, 0.717) is 39.6 Å². The lowest BCUT2D eigenvalue weighted by Crippen LogP contribution is -2.12. The van der Waals surface area contributed by atoms with Gasteiger partial charge >= 0.3 is 0 Å². The van der Waals surface area contributed by atoms with Crippen LogP contribution in [-0.2, 0) is 19.0 Å². The van der Waals surface area contributed by atoms with E-state index in [-0.39, 0.29) is 5.91 Å². The second-order valence-electron chi connectivity index (χ2n) is 4.27. The van der Waals surface area contributed by atoms with Gasteiger partial charge in [-0.05, 0) is 24.3 Å². The molecule has 0 aliphatic carbocycles. The van der Waals surface area contributed by atoms with Gasteiger partial charge in [0.05, 0.1) is 33.0 Å². The van der Waals surface area contributed by atoms with Crippen LogP contribution in [0.25, 0.3) is 0 Å². The molecule has 6 nitrogen and oxygen atoms in total. The third-order valence-corrected chi connectivity index (χ3v) is 2.47. The van der Waals surface area contributed by atoms with Crippen LogP contribution in [0.15, 0.2) is 24.3 Å². The van der Waals surface area contributed by atoms with E-state index in [2.05, 4.69) is 5.32 Å². The number of benzene rings is 1. The highest BCUT2D eigenvalue weighted by Gasteiger charge is 1.97. The molecule has 0 bridgehead atoms. The molecule has 0 radical (unpaired) electrons. The fourth-order valence-corrected chi connectivity index (χ4v) is 1.52. The summed E-state index contributed by atoms with van der Waals surface area (Å²) in [6.45, 7) is 4.71. The zero-order valence-corrected chi connectivity index (χ0v) is 12.6. The highest BCUT2D eigenvalue weighted by molar-refractivity contribution is 5.88. The predicted molar refractivity (Wildman–Crippen MR) is 79.8 cm³/mol. The van der Waals surface area contributed by atoms with E-state index in [4.69, 9.17) is 18.9 Å². The van der Waals surface area contributed by atoms with Gasteiger partial charge in [-0.1, -0.05) is 0 Å². The van der Waals surface area contributed by atoms with Crippen molar-refractivity contribution < 1.29 is 23.7 Å². The number of hydrogen-bond acceptors (Lipinski definition) is 5. The molecule has 0 saturated carbocycles. The van der Waals surface area contributed by atoms with Gasteiger partial charge in [0, 0.05) is 19.7 Å². The van der Waals surface area contributed by atoms with Crippen molar-refractivity contribution in [3.63, 3.8) is 0 Å². The maximum absolute atomic E-state index is 10.9. The van der Waals surface area contributed by atoms with Crippen LogP contribution in [0.3, 0.4) is 0 Å². The van der Waals surface area contributed by atoms with Gasteiger partial charge in [-0.3, -0.25) is 4.79 Å². The van der Waals surface area contributed by atoms with Crippen molar-refractivity contribution in [2.45, 2.75) is 6.92 Å². The molecule has 0 spiro atoms. The van der Waals surface area contributed by atoms with Gasteiger partial charge in [-0.25, -0.2) is 0 Å². The molecule has 1 aromatic carbocycles. The molecule has 1 aromatic rings. The van der Waals surface area contributed by atoms with E-state index in [1.165, 1.54) is 6.92 Å². The molecule has 6 heteroatoms. The summed E-state index contributed by atoms with van der Waals surface area (Å²) in [7, 11) is 1.64. The molecular formula is C15H23NO5. The molecule has 21 heavy (non-hydrogen) atoms. The Bertz CT molecular complexity index is 394. The first-order valence-corrected chi connectivity index (χ1v) is 6.87. The molecular weight excluding hydrogens is 274 g/mol. The highest BCUT2D eigenvalue weighted by atomic mass is 16.6. The highest BCUT2D eigenvalue weighted by Crippen LogP contribution is 2.15. The molecule has 118 valence electrons. The Morgan fingerprint density at radius 3 is 2.10 bits per heavy atom. The minimum atomic E-state index is -0.0928. The molecule has 0 aromatic heterocycles. The van der Waals surface area contributed by atoms with E-state index in [9.17, 15) is 4.79 Å². The zero-order chi connectivity index (χ0) is 15.3. The molecule has 0 heterocycles. The number of methoxy groups -OCH3 is 1. The second kappa shape index (κ2) is 11.1. The van der Waals surface area contributed by atoms with E-state index < -0.39 is 0 Å². The summed E-state index contributed by atoms with van der Waals surface area (Å²) in [5.41, 5.74) is 0.749. The van der Waals surface area contributed by atoms with Gasteiger partial charge in [0.1, 0.15) is 12.4 Å². The molecule has 0 unspecified atom stereocenters. The number of carbonyl (C=O) groups is 1. The number of carbonyl (C=O) groups excluding carboxylic acids is 1. The predicted octanol–water partition coefficient (Wildman–Crippen LogP) is 1.70. The maximum atomic E-state index is 10.9. The maximum Gasteiger partial charge on any atom is 0.221 e. The molecule has 0 saturated heterocycles. The average Bonchev–Trinajstić information content (AvgIpc) is 2.47. The van der Waals surface area contributed by atoms with Gasteiger partial charge in [0.2, 0.25) is 5.91 Å². The molecule has 1 amide bonds.